The van der Waals surface area contributed by atoms with Crippen LogP contribution in [0.5, 0.6) is 5.75 Å². The number of nitrogens with one attached hydrogen (secondary N) is 1. The predicted octanol–water partition coefficient (Wildman–Crippen LogP) is 4.23. The van der Waals surface area contributed by atoms with Gasteiger partial charge in [0.2, 0.25) is 0 Å². The Morgan fingerprint density at radius 2 is 1.84 bits per heavy atom. The molecule has 0 saturated heterocycles. The summed E-state index contributed by atoms with van der Waals surface area (Å²) < 4.78 is 10.5. The molecule has 0 fully saturated rings. The van der Waals surface area contributed by atoms with Crippen LogP contribution < -0.4 is 10.1 Å². The molecule has 0 aromatic heterocycles. The van der Waals surface area contributed by atoms with Gasteiger partial charge >= 0.3 is 5.97 Å². The number of carbonyl (C=O) groups excluding carboxylic acids is 2. The molecule has 2 aromatic carbocycles. The van der Waals surface area contributed by atoms with Gasteiger partial charge in [0.05, 0.1) is 12.2 Å². The molecule has 0 heterocycles. The summed E-state index contributed by atoms with van der Waals surface area (Å²) in [5, 5.41) is 3.39. The maximum atomic E-state index is 12.2. The van der Waals surface area contributed by atoms with Crippen LogP contribution in [0.4, 0.5) is 5.69 Å². The zero-order chi connectivity index (χ0) is 18.4. The molecule has 2 rings (SSSR count). The third kappa shape index (κ3) is 5.22. The number of carbonyl (C=O) groups is 2. The number of ether oxygens (including phenoxy) is 2. The average molecular weight is 362 g/mol. The van der Waals surface area contributed by atoms with Gasteiger partial charge in [-0.2, -0.15) is 0 Å². The summed E-state index contributed by atoms with van der Waals surface area (Å²) in [5.41, 5.74) is 1.88. The van der Waals surface area contributed by atoms with Crippen LogP contribution >= 0.6 is 11.6 Å². The van der Waals surface area contributed by atoms with E-state index in [0.717, 1.165) is 5.56 Å². The van der Waals surface area contributed by atoms with Crippen molar-refractivity contribution in [2.24, 2.45) is 0 Å². The van der Waals surface area contributed by atoms with Crippen molar-refractivity contribution in [2.45, 2.75) is 26.9 Å². The molecule has 1 N–H and O–H groups in total. The quantitative estimate of drug-likeness (QED) is 0.782. The maximum absolute atomic E-state index is 12.2. The molecule has 0 spiro atoms. The third-order valence-corrected chi connectivity index (χ3v) is 3.90. The van der Waals surface area contributed by atoms with Gasteiger partial charge in [0.15, 0.2) is 6.10 Å². The van der Waals surface area contributed by atoms with Gasteiger partial charge in [-0.15, -0.1) is 0 Å². The van der Waals surface area contributed by atoms with E-state index in [0.29, 0.717) is 28.6 Å². The lowest BCUT2D eigenvalue weighted by molar-refractivity contribution is -0.122. The summed E-state index contributed by atoms with van der Waals surface area (Å²) in [6.07, 6.45) is -0.690. The molecule has 1 unspecified atom stereocenters. The summed E-state index contributed by atoms with van der Waals surface area (Å²) in [7, 11) is 0. The Kier molecular flexibility index (Phi) is 6.42. The fraction of sp³-hybridized carbons (Fsp3) is 0.263. The van der Waals surface area contributed by atoms with Crippen LogP contribution in [0.15, 0.2) is 42.5 Å². The van der Waals surface area contributed by atoms with E-state index < -0.39 is 12.1 Å². The molecule has 5 nitrogen and oxygen atoms in total. The van der Waals surface area contributed by atoms with Crippen LogP contribution in [0.3, 0.4) is 0 Å². The first-order chi connectivity index (χ1) is 11.9. The van der Waals surface area contributed by atoms with Gasteiger partial charge in [0, 0.05) is 10.7 Å². The Hall–Kier alpha value is -2.53. The first-order valence-electron chi connectivity index (χ1n) is 7.91. The Labute approximate surface area is 151 Å². The predicted molar refractivity (Wildman–Crippen MR) is 97.3 cm³/mol. The van der Waals surface area contributed by atoms with Gasteiger partial charge in [-0.1, -0.05) is 11.6 Å². The number of amides is 1. The van der Waals surface area contributed by atoms with Crippen LogP contribution in [0.25, 0.3) is 0 Å². The highest BCUT2D eigenvalue weighted by atomic mass is 35.5. The van der Waals surface area contributed by atoms with Crippen molar-refractivity contribution in [1.29, 1.82) is 0 Å². The summed E-state index contributed by atoms with van der Waals surface area (Å²) in [4.78, 5) is 23.8. The van der Waals surface area contributed by atoms with Crippen molar-refractivity contribution >= 4 is 29.2 Å². The van der Waals surface area contributed by atoms with Crippen molar-refractivity contribution in [3.63, 3.8) is 0 Å². The number of esters is 1. The highest BCUT2D eigenvalue weighted by Gasteiger charge is 2.15. The Morgan fingerprint density at radius 3 is 2.44 bits per heavy atom. The molecule has 1 atom stereocenters. The van der Waals surface area contributed by atoms with E-state index in [2.05, 4.69) is 5.32 Å². The van der Waals surface area contributed by atoms with Gasteiger partial charge in [0.1, 0.15) is 5.75 Å². The second kappa shape index (κ2) is 8.53. The second-order valence-electron chi connectivity index (χ2n) is 5.46. The molecule has 0 radical (unpaired) electrons. The largest absolute Gasteiger partial charge is 0.481 e. The van der Waals surface area contributed by atoms with Gasteiger partial charge < -0.3 is 14.8 Å². The van der Waals surface area contributed by atoms with Crippen molar-refractivity contribution in [3.8, 4) is 5.75 Å². The molecule has 25 heavy (non-hydrogen) atoms. The van der Waals surface area contributed by atoms with Gasteiger partial charge in [-0.3, -0.25) is 4.79 Å². The highest BCUT2D eigenvalue weighted by Crippen LogP contribution is 2.22. The summed E-state index contributed by atoms with van der Waals surface area (Å²) in [6, 6.07) is 11.7. The topological polar surface area (TPSA) is 64.6 Å². The van der Waals surface area contributed by atoms with E-state index in [-0.39, 0.29) is 5.91 Å². The fourth-order valence-corrected chi connectivity index (χ4v) is 2.21. The molecule has 0 aliphatic rings. The molecule has 1 amide bonds. The lowest BCUT2D eigenvalue weighted by Crippen LogP contribution is -2.30. The molecular weight excluding hydrogens is 342 g/mol. The van der Waals surface area contributed by atoms with E-state index in [1.54, 1.807) is 56.3 Å². The van der Waals surface area contributed by atoms with E-state index in [1.807, 2.05) is 6.92 Å². The number of anilines is 1. The Balaban J connectivity index is 1.96. The number of hydrogen-bond donors (Lipinski definition) is 1. The standard InChI is InChI=1S/C19H20ClNO4/c1-4-24-19(23)14-5-7-15(8-6-14)21-18(22)13(3)25-16-9-10-17(20)12(2)11-16/h5-11,13H,4H2,1-3H3,(H,21,22). The molecule has 0 aliphatic carbocycles. The zero-order valence-corrected chi connectivity index (χ0v) is 15.1. The number of rotatable bonds is 6. The number of aryl methyl sites for hydroxylation is 1. The van der Waals surface area contributed by atoms with Crippen molar-refractivity contribution in [3.05, 3.63) is 58.6 Å². The molecule has 132 valence electrons. The molecular formula is C19H20ClNO4. The fourth-order valence-electron chi connectivity index (χ4n) is 2.10. The van der Waals surface area contributed by atoms with E-state index >= 15 is 0 Å². The minimum atomic E-state index is -0.690. The van der Waals surface area contributed by atoms with Crippen LogP contribution in [0, 0.1) is 6.92 Å². The minimum Gasteiger partial charge on any atom is -0.481 e. The molecule has 0 saturated carbocycles. The van der Waals surface area contributed by atoms with Crippen LogP contribution in [-0.4, -0.2) is 24.6 Å². The van der Waals surface area contributed by atoms with Crippen molar-refractivity contribution in [1.82, 2.24) is 0 Å². The normalized spacial score (nSPS) is 11.5. The van der Waals surface area contributed by atoms with E-state index in [4.69, 9.17) is 21.1 Å². The smallest absolute Gasteiger partial charge is 0.338 e. The lowest BCUT2D eigenvalue weighted by Gasteiger charge is -2.15. The van der Waals surface area contributed by atoms with Gasteiger partial charge in [-0.25, -0.2) is 4.79 Å². The summed E-state index contributed by atoms with van der Waals surface area (Å²) in [6.45, 7) is 5.59. The molecule has 2 aromatic rings. The number of halogens is 1. The van der Waals surface area contributed by atoms with E-state index in [9.17, 15) is 9.59 Å². The minimum absolute atomic E-state index is 0.295. The first kappa shape index (κ1) is 18.8. The maximum Gasteiger partial charge on any atom is 0.338 e. The van der Waals surface area contributed by atoms with Crippen LogP contribution in [0.1, 0.15) is 29.8 Å². The Morgan fingerprint density at radius 1 is 1.16 bits per heavy atom. The lowest BCUT2D eigenvalue weighted by atomic mass is 10.2. The monoisotopic (exact) mass is 361 g/mol. The number of hydrogen-bond acceptors (Lipinski definition) is 4. The molecule has 0 aliphatic heterocycles. The highest BCUT2D eigenvalue weighted by molar-refractivity contribution is 6.31. The Bertz CT molecular complexity index is 759. The van der Waals surface area contributed by atoms with Crippen LogP contribution in [0.2, 0.25) is 5.02 Å². The molecule has 0 bridgehead atoms. The van der Waals surface area contributed by atoms with Gasteiger partial charge in [-0.05, 0) is 68.8 Å². The van der Waals surface area contributed by atoms with Crippen LogP contribution in [-0.2, 0) is 9.53 Å². The molecule has 6 heteroatoms. The first-order valence-corrected chi connectivity index (χ1v) is 8.29. The number of benzene rings is 2. The third-order valence-electron chi connectivity index (χ3n) is 3.48. The summed E-state index contributed by atoms with van der Waals surface area (Å²) >= 11 is 5.97. The van der Waals surface area contributed by atoms with Crippen molar-refractivity contribution in [2.75, 3.05) is 11.9 Å². The van der Waals surface area contributed by atoms with E-state index in [1.165, 1.54) is 0 Å². The van der Waals surface area contributed by atoms with Gasteiger partial charge in [0.25, 0.3) is 5.91 Å². The van der Waals surface area contributed by atoms with Crippen molar-refractivity contribution < 1.29 is 19.1 Å². The zero-order valence-electron chi connectivity index (χ0n) is 14.3. The SMILES string of the molecule is CCOC(=O)c1ccc(NC(=O)C(C)Oc2ccc(Cl)c(C)c2)cc1. The second-order valence-corrected chi connectivity index (χ2v) is 5.87. The summed E-state index contributed by atoms with van der Waals surface area (Å²) in [5.74, 6) is -0.117. The average Bonchev–Trinajstić information content (AvgIpc) is 2.59.